The molecule has 0 spiro atoms. The number of amides is 1. The fraction of sp³-hybridized carbons (Fsp3) is 0.577. The maximum atomic E-state index is 12.9. The van der Waals surface area contributed by atoms with E-state index in [0.717, 1.165) is 50.2 Å². The summed E-state index contributed by atoms with van der Waals surface area (Å²) >= 11 is 0. The Bertz CT molecular complexity index is 936. The van der Waals surface area contributed by atoms with Gasteiger partial charge in [0.1, 0.15) is 11.5 Å². The van der Waals surface area contributed by atoms with Crippen LogP contribution in [0, 0.1) is 13.8 Å². The molecule has 3 heterocycles. The number of piperazine rings is 1. The molecular formula is C26H35N3O2. The topological polar surface area (TPSA) is 39.9 Å². The second kappa shape index (κ2) is 8.70. The van der Waals surface area contributed by atoms with Crippen molar-refractivity contribution in [1.29, 1.82) is 0 Å². The summed E-state index contributed by atoms with van der Waals surface area (Å²) < 4.78 is 5.56. The van der Waals surface area contributed by atoms with E-state index in [-0.39, 0.29) is 5.91 Å². The third-order valence-electron chi connectivity index (χ3n) is 7.57. The second-order valence-electron chi connectivity index (χ2n) is 9.53. The van der Waals surface area contributed by atoms with Crippen molar-refractivity contribution in [3.05, 3.63) is 52.5 Å². The van der Waals surface area contributed by atoms with Crippen LogP contribution in [0.15, 0.2) is 28.7 Å². The minimum Gasteiger partial charge on any atom is -0.466 e. The third kappa shape index (κ3) is 4.25. The minimum absolute atomic E-state index is 0.0999. The van der Waals surface area contributed by atoms with Gasteiger partial charge in [-0.05, 0) is 68.9 Å². The number of hydrogen-bond donors (Lipinski definition) is 0. The van der Waals surface area contributed by atoms with Crippen LogP contribution in [0.2, 0.25) is 0 Å². The van der Waals surface area contributed by atoms with Gasteiger partial charge in [0, 0.05) is 51.0 Å². The molecule has 1 aliphatic carbocycles. The first-order valence-electron chi connectivity index (χ1n) is 12.1. The number of benzene rings is 1. The van der Waals surface area contributed by atoms with Crippen LogP contribution in [-0.4, -0.2) is 61.0 Å². The zero-order chi connectivity index (χ0) is 21.4. The lowest BCUT2D eigenvalue weighted by Gasteiger charge is -2.36. The number of hydrogen-bond acceptors (Lipinski definition) is 4. The number of rotatable bonds is 3. The summed E-state index contributed by atoms with van der Waals surface area (Å²) in [7, 11) is 0. The van der Waals surface area contributed by atoms with Crippen molar-refractivity contribution in [2.75, 3.05) is 44.2 Å². The van der Waals surface area contributed by atoms with Crippen LogP contribution in [0.4, 0.5) is 5.69 Å². The first-order chi connectivity index (χ1) is 15.1. The monoisotopic (exact) mass is 421 g/mol. The van der Waals surface area contributed by atoms with E-state index in [1.54, 1.807) is 0 Å². The lowest BCUT2D eigenvalue weighted by molar-refractivity contribution is 0.0745. The average molecular weight is 422 g/mol. The van der Waals surface area contributed by atoms with Gasteiger partial charge in [-0.25, -0.2) is 0 Å². The Kier molecular flexibility index (Phi) is 5.79. The zero-order valence-electron chi connectivity index (χ0n) is 19.0. The smallest absolute Gasteiger partial charge is 0.257 e. The third-order valence-corrected chi connectivity index (χ3v) is 7.57. The van der Waals surface area contributed by atoms with Gasteiger partial charge in [-0.2, -0.15) is 0 Å². The van der Waals surface area contributed by atoms with E-state index < -0.39 is 0 Å². The number of carbonyl (C=O) groups excluding carboxylic acids is 1. The van der Waals surface area contributed by atoms with Gasteiger partial charge >= 0.3 is 0 Å². The molecule has 1 aromatic carbocycles. The van der Waals surface area contributed by atoms with Gasteiger partial charge < -0.3 is 14.2 Å². The summed E-state index contributed by atoms with van der Waals surface area (Å²) in [6.45, 7) is 9.47. The molecule has 166 valence electrons. The highest BCUT2D eigenvalue weighted by molar-refractivity contribution is 5.95. The van der Waals surface area contributed by atoms with E-state index in [1.807, 2.05) is 24.8 Å². The van der Waals surface area contributed by atoms with Crippen molar-refractivity contribution >= 4 is 11.6 Å². The molecule has 0 N–H and O–H groups in total. The molecule has 1 amide bonds. The van der Waals surface area contributed by atoms with Gasteiger partial charge in [0.2, 0.25) is 0 Å². The molecule has 31 heavy (non-hydrogen) atoms. The van der Waals surface area contributed by atoms with E-state index in [2.05, 4.69) is 28.0 Å². The SMILES string of the molecule is Cc1cc(C(=O)N2CCN(c3ccc4c(c3)CCN(C3CCCC3)CC4)CC2)c(C)o1. The van der Waals surface area contributed by atoms with E-state index in [0.29, 0.717) is 5.56 Å². The minimum atomic E-state index is 0.0999. The molecule has 0 atom stereocenters. The van der Waals surface area contributed by atoms with Crippen LogP contribution in [0.25, 0.3) is 0 Å². The van der Waals surface area contributed by atoms with Crippen molar-refractivity contribution in [3.8, 4) is 0 Å². The second-order valence-corrected chi connectivity index (χ2v) is 9.53. The number of anilines is 1. The number of furan rings is 1. The van der Waals surface area contributed by atoms with E-state index >= 15 is 0 Å². The summed E-state index contributed by atoms with van der Waals surface area (Å²) in [4.78, 5) is 20.0. The van der Waals surface area contributed by atoms with E-state index in [9.17, 15) is 4.79 Å². The molecule has 3 aliphatic rings. The van der Waals surface area contributed by atoms with Crippen LogP contribution in [-0.2, 0) is 12.8 Å². The number of aryl methyl sites for hydroxylation is 2. The molecule has 2 fully saturated rings. The Labute approximate surface area is 186 Å². The summed E-state index contributed by atoms with van der Waals surface area (Å²) in [6.07, 6.45) is 7.94. The molecule has 1 saturated carbocycles. The molecule has 0 bridgehead atoms. The summed E-state index contributed by atoms with van der Waals surface area (Å²) in [5.41, 5.74) is 5.09. The number of carbonyl (C=O) groups is 1. The van der Waals surface area contributed by atoms with Crippen molar-refractivity contribution in [2.45, 2.75) is 58.4 Å². The molecule has 1 saturated heterocycles. The van der Waals surface area contributed by atoms with Crippen molar-refractivity contribution in [2.24, 2.45) is 0 Å². The molecule has 5 rings (SSSR count). The van der Waals surface area contributed by atoms with Gasteiger partial charge in [-0.3, -0.25) is 9.69 Å². The Morgan fingerprint density at radius 2 is 1.61 bits per heavy atom. The lowest BCUT2D eigenvalue weighted by atomic mass is 10.0. The average Bonchev–Trinajstić information content (AvgIpc) is 3.38. The Hall–Kier alpha value is -2.27. The first kappa shape index (κ1) is 20.6. The largest absolute Gasteiger partial charge is 0.466 e. The molecule has 0 radical (unpaired) electrons. The standard InChI is InChI=1S/C26H35N3O2/c1-19-17-25(20(2)31-19)26(30)29-15-13-28(14-16-29)24-8-7-21-9-11-27(12-10-22(21)18-24)23-5-3-4-6-23/h7-8,17-18,23H,3-6,9-16H2,1-2H3. The normalized spacial score (nSPS) is 20.7. The fourth-order valence-corrected chi connectivity index (χ4v) is 5.74. The van der Waals surface area contributed by atoms with Crippen LogP contribution < -0.4 is 4.90 Å². The van der Waals surface area contributed by atoms with Crippen LogP contribution in [0.5, 0.6) is 0 Å². The van der Waals surface area contributed by atoms with Gasteiger partial charge in [-0.15, -0.1) is 0 Å². The molecule has 5 heteroatoms. The quantitative estimate of drug-likeness (QED) is 0.745. The lowest BCUT2D eigenvalue weighted by Crippen LogP contribution is -2.48. The molecule has 0 unspecified atom stereocenters. The maximum absolute atomic E-state index is 12.9. The van der Waals surface area contributed by atoms with Crippen LogP contribution in [0.1, 0.15) is 58.7 Å². The van der Waals surface area contributed by atoms with Gasteiger partial charge in [0.15, 0.2) is 0 Å². The number of nitrogens with zero attached hydrogens (tertiary/aromatic N) is 3. The Morgan fingerprint density at radius 3 is 2.29 bits per heavy atom. The zero-order valence-corrected chi connectivity index (χ0v) is 19.0. The summed E-state index contributed by atoms with van der Waals surface area (Å²) in [5, 5.41) is 0. The predicted octanol–water partition coefficient (Wildman–Crippen LogP) is 4.20. The molecular weight excluding hydrogens is 386 g/mol. The fourth-order valence-electron chi connectivity index (χ4n) is 5.74. The van der Waals surface area contributed by atoms with Crippen molar-refractivity contribution in [3.63, 3.8) is 0 Å². The Morgan fingerprint density at radius 1 is 0.903 bits per heavy atom. The molecule has 1 aromatic heterocycles. The highest BCUT2D eigenvalue weighted by atomic mass is 16.3. The van der Waals surface area contributed by atoms with E-state index in [4.69, 9.17) is 4.42 Å². The van der Waals surface area contributed by atoms with Crippen molar-refractivity contribution in [1.82, 2.24) is 9.80 Å². The van der Waals surface area contributed by atoms with Crippen LogP contribution >= 0.6 is 0 Å². The van der Waals surface area contributed by atoms with Gasteiger partial charge in [0.25, 0.3) is 5.91 Å². The predicted molar refractivity (Wildman–Crippen MR) is 124 cm³/mol. The number of fused-ring (bicyclic) bond motifs is 1. The van der Waals surface area contributed by atoms with Crippen LogP contribution in [0.3, 0.4) is 0 Å². The van der Waals surface area contributed by atoms with Gasteiger partial charge in [0.05, 0.1) is 5.56 Å². The van der Waals surface area contributed by atoms with E-state index in [1.165, 1.54) is 62.0 Å². The highest BCUT2D eigenvalue weighted by Gasteiger charge is 2.27. The molecule has 5 nitrogen and oxygen atoms in total. The molecule has 2 aliphatic heterocycles. The van der Waals surface area contributed by atoms with Gasteiger partial charge in [-0.1, -0.05) is 18.9 Å². The first-order valence-corrected chi connectivity index (χ1v) is 12.1. The molecule has 2 aromatic rings. The highest BCUT2D eigenvalue weighted by Crippen LogP contribution is 2.28. The summed E-state index contributed by atoms with van der Waals surface area (Å²) in [5.74, 6) is 1.63. The summed E-state index contributed by atoms with van der Waals surface area (Å²) in [6, 6.07) is 9.77. The Balaban J connectivity index is 1.22. The van der Waals surface area contributed by atoms with Crippen molar-refractivity contribution < 1.29 is 9.21 Å². The maximum Gasteiger partial charge on any atom is 0.257 e.